The number of nitrogens with two attached hydrogens (primary N) is 1. The minimum absolute atomic E-state index is 0.0899. The van der Waals surface area contributed by atoms with Crippen LogP contribution in [0, 0.1) is 10.1 Å². The first-order valence-corrected chi connectivity index (χ1v) is 7.95. The van der Waals surface area contributed by atoms with Gasteiger partial charge in [0.25, 0.3) is 11.6 Å². The van der Waals surface area contributed by atoms with Gasteiger partial charge in [0.05, 0.1) is 21.2 Å². The number of nitro benzene ring substituents is 1. The fourth-order valence-corrected chi connectivity index (χ4v) is 2.28. The number of nitrogens with zero attached hydrogens (tertiary/aromatic N) is 1. The number of hydrogen-bond acceptors (Lipinski definition) is 6. The second kappa shape index (κ2) is 8.03. The Morgan fingerprint density at radius 2 is 1.92 bits per heavy atom. The molecule has 2 rings (SSSR count). The van der Waals surface area contributed by atoms with E-state index in [1.807, 2.05) is 0 Å². The van der Waals surface area contributed by atoms with Gasteiger partial charge in [-0.3, -0.25) is 14.9 Å². The van der Waals surface area contributed by atoms with Crippen molar-refractivity contribution in [2.24, 2.45) is 0 Å². The molecule has 26 heavy (non-hydrogen) atoms. The van der Waals surface area contributed by atoms with E-state index < -0.39 is 28.6 Å². The minimum Gasteiger partial charge on any atom is -0.449 e. The molecule has 2 aromatic carbocycles. The summed E-state index contributed by atoms with van der Waals surface area (Å²) in [6.45, 7) is 1.34. The van der Waals surface area contributed by atoms with E-state index in [0.717, 1.165) is 6.07 Å². The van der Waals surface area contributed by atoms with Gasteiger partial charge in [-0.05, 0) is 37.3 Å². The normalized spacial score (nSPS) is 11.5. The third kappa shape index (κ3) is 4.62. The highest BCUT2D eigenvalue weighted by Crippen LogP contribution is 2.26. The number of nitrogen functional groups attached to an aromatic ring is 1. The van der Waals surface area contributed by atoms with Crippen molar-refractivity contribution in [3.63, 3.8) is 0 Å². The van der Waals surface area contributed by atoms with Gasteiger partial charge in [-0.25, -0.2) is 4.79 Å². The maximum atomic E-state index is 12.2. The Hall–Kier alpha value is -2.84. The first-order chi connectivity index (χ1) is 12.2. The molecule has 8 nitrogen and oxygen atoms in total. The molecule has 0 aromatic heterocycles. The highest BCUT2D eigenvalue weighted by molar-refractivity contribution is 6.35. The summed E-state index contributed by atoms with van der Waals surface area (Å²) in [5.41, 5.74) is 5.11. The second-order valence-electron chi connectivity index (χ2n) is 5.19. The predicted molar refractivity (Wildman–Crippen MR) is 97.5 cm³/mol. The molecule has 10 heteroatoms. The van der Waals surface area contributed by atoms with E-state index in [-0.39, 0.29) is 22.0 Å². The molecule has 0 bridgehead atoms. The minimum atomic E-state index is -1.19. The summed E-state index contributed by atoms with van der Waals surface area (Å²) >= 11 is 11.8. The fraction of sp³-hybridized carbons (Fsp3) is 0.125. The Kier molecular flexibility index (Phi) is 6.01. The van der Waals surface area contributed by atoms with Crippen molar-refractivity contribution in [1.82, 2.24) is 0 Å². The highest BCUT2D eigenvalue weighted by atomic mass is 35.5. The van der Waals surface area contributed by atoms with Crippen LogP contribution in [0.4, 0.5) is 17.1 Å². The Bertz CT molecular complexity index is 888. The van der Waals surface area contributed by atoms with Gasteiger partial charge in [-0.15, -0.1) is 0 Å². The molecular formula is C16H13Cl2N3O5. The SMILES string of the molecule is C[C@H](OC(=O)c1ccc(N)c([N+](=O)[O-])c1)C(=O)Nc1cc(Cl)ccc1Cl. The third-order valence-electron chi connectivity index (χ3n) is 3.30. The molecule has 0 aliphatic heterocycles. The van der Waals surface area contributed by atoms with Crippen LogP contribution < -0.4 is 11.1 Å². The lowest BCUT2D eigenvalue weighted by Crippen LogP contribution is -2.30. The number of amides is 1. The number of halogens is 2. The van der Waals surface area contributed by atoms with Gasteiger partial charge in [0, 0.05) is 11.1 Å². The van der Waals surface area contributed by atoms with Crippen molar-refractivity contribution < 1.29 is 19.2 Å². The smallest absolute Gasteiger partial charge is 0.339 e. The summed E-state index contributed by atoms with van der Waals surface area (Å²) in [7, 11) is 0. The lowest BCUT2D eigenvalue weighted by Gasteiger charge is -2.14. The van der Waals surface area contributed by atoms with E-state index in [1.165, 1.54) is 31.2 Å². The number of nitro groups is 1. The van der Waals surface area contributed by atoms with Crippen LogP contribution in [-0.2, 0) is 9.53 Å². The van der Waals surface area contributed by atoms with Crippen LogP contribution in [0.3, 0.4) is 0 Å². The molecule has 0 radical (unpaired) electrons. The number of anilines is 2. The Morgan fingerprint density at radius 1 is 1.23 bits per heavy atom. The summed E-state index contributed by atoms with van der Waals surface area (Å²) in [4.78, 5) is 34.4. The summed E-state index contributed by atoms with van der Waals surface area (Å²) < 4.78 is 5.02. The highest BCUT2D eigenvalue weighted by Gasteiger charge is 2.22. The van der Waals surface area contributed by atoms with Crippen LogP contribution in [0.15, 0.2) is 36.4 Å². The van der Waals surface area contributed by atoms with Crippen molar-refractivity contribution in [3.05, 3.63) is 62.1 Å². The molecule has 0 aliphatic carbocycles. The summed E-state index contributed by atoms with van der Waals surface area (Å²) in [6.07, 6.45) is -1.19. The van der Waals surface area contributed by atoms with Crippen LogP contribution in [0.25, 0.3) is 0 Å². The summed E-state index contributed by atoms with van der Waals surface area (Å²) in [6, 6.07) is 7.96. The fourth-order valence-electron chi connectivity index (χ4n) is 1.94. The zero-order chi connectivity index (χ0) is 19.4. The van der Waals surface area contributed by atoms with E-state index in [2.05, 4.69) is 5.32 Å². The third-order valence-corrected chi connectivity index (χ3v) is 3.87. The van der Waals surface area contributed by atoms with E-state index in [4.69, 9.17) is 33.7 Å². The standard InChI is InChI=1S/C16H13Cl2N3O5/c1-8(15(22)20-13-7-10(17)3-4-11(13)18)26-16(23)9-2-5-12(19)14(6-9)21(24)25/h2-8H,19H2,1H3,(H,20,22)/t8-/m0/s1. The second-order valence-corrected chi connectivity index (χ2v) is 6.04. The number of benzene rings is 2. The molecule has 136 valence electrons. The van der Waals surface area contributed by atoms with Gasteiger partial charge < -0.3 is 15.8 Å². The van der Waals surface area contributed by atoms with Gasteiger partial charge in [-0.1, -0.05) is 23.2 Å². The van der Waals surface area contributed by atoms with Crippen molar-refractivity contribution in [2.75, 3.05) is 11.1 Å². The van der Waals surface area contributed by atoms with Crippen LogP contribution in [-0.4, -0.2) is 22.9 Å². The average Bonchev–Trinajstić information content (AvgIpc) is 2.58. The monoisotopic (exact) mass is 397 g/mol. The summed E-state index contributed by atoms with van der Waals surface area (Å²) in [5, 5.41) is 14.0. The molecule has 1 amide bonds. The Labute approximate surface area is 158 Å². The largest absolute Gasteiger partial charge is 0.449 e. The first-order valence-electron chi connectivity index (χ1n) is 7.20. The van der Waals surface area contributed by atoms with Crippen LogP contribution in [0.1, 0.15) is 17.3 Å². The topological polar surface area (TPSA) is 125 Å². The Morgan fingerprint density at radius 3 is 2.58 bits per heavy atom. The van der Waals surface area contributed by atoms with Crippen molar-refractivity contribution >= 4 is 52.1 Å². The van der Waals surface area contributed by atoms with Crippen LogP contribution in [0.5, 0.6) is 0 Å². The first kappa shape index (κ1) is 19.5. The number of nitrogens with one attached hydrogen (secondary N) is 1. The number of rotatable bonds is 5. The summed E-state index contributed by atoms with van der Waals surface area (Å²) in [5.74, 6) is -1.56. The Balaban J connectivity index is 2.09. The lowest BCUT2D eigenvalue weighted by atomic mass is 10.2. The predicted octanol–water partition coefficient (Wildman–Crippen LogP) is 3.67. The number of ether oxygens (including phenoxy) is 1. The van der Waals surface area contributed by atoms with Gasteiger partial charge in [0.15, 0.2) is 6.10 Å². The lowest BCUT2D eigenvalue weighted by molar-refractivity contribution is -0.383. The number of hydrogen-bond donors (Lipinski definition) is 2. The van der Waals surface area contributed by atoms with E-state index in [9.17, 15) is 19.7 Å². The molecule has 0 aliphatic rings. The maximum Gasteiger partial charge on any atom is 0.339 e. The quantitative estimate of drug-likeness (QED) is 0.343. The van der Waals surface area contributed by atoms with Gasteiger partial charge in [0.1, 0.15) is 5.69 Å². The molecule has 3 N–H and O–H groups in total. The zero-order valence-corrected chi connectivity index (χ0v) is 14.9. The number of carbonyl (C=O) groups is 2. The van der Waals surface area contributed by atoms with E-state index in [0.29, 0.717) is 5.02 Å². The molecule has 0 saturated heterocycles. The number of carbonyl (C=O) groups excluding carboxylic acids is 2. The van der Waals surface area contributed by atoms with Crippen molar-refractivity contribution in [1.29, 1.82) is 0 Å². The molecule has 1 atom stereocenters. The number of esters is 1. The molecule has 0 fully saturated rings. The van der Waals surface area contributed by atoms with Gasteiger partial charge >= 0.3 is 5.97 Å². The molecule has 0 unspecified atom stereocenters. The average molecular weight is 398 g/mol. The van der Waals surface area contributed by atoms with Crippen LogP contribution in [0.2, 0.25) is 10.0 Å². The van der Waals surface area contributed by atoms with E-state index in [1.54, 1.807) is 6.07 Å². The van der Waals surface area contributed by atoms with Crippen molar-refractivity contribution in [3.8, 4) is 0 Å². The molecule has 0 spiro atoms. The maximum absolute atomic E-state index is 12.2. The van der Waals surface area contributed by atoms with Gasteiger partial charge in [-0.2, -0.15) is 0 Å². The van der Waals surface area contributed by atoms with Gasteiger partial charge in [0.2, 0.25) is 0 Å². The van der Waals surface area contributed by atoms with Crippen LogP contribution >= 0.6 is 23.2 Å². The molecular weight excluding hydrogens is 385 g/mol. The zero-order valence-electron chi connectivity index (χ0n) is 13.4. The molecule has 0 saturated carbocycles. The molecule has 0 heterocycles. The van der Waals surface area contributed by atoms with E-state index >= 15 is 0 Å². The van der Waals surface area contributed by atoms with Crippen molar-refractivity contribution in [2.45, 2.75) is 13.0 Å². The molecule has 2 aromatic rings.